The van der Waals surface area contributed by atoms with E-state index in [1.54, 1.807) is 6.92 Å². The summed E-state index contributed by atoms with van der Waals surface area (Å²) in [4.78, 5) is 12.6. The van der Waals surface area contributed by atoms with Crippen LogP contribution in [-0.4, -0.2) is 162 Å². The Morgan fingerprint density at radius 2 is 1.77 bits per heavy atom. The zero-order valence-electron chi connectivity index (χ0n) is 25.1. The molecular formula is C26H55N5O12. The zero-order valence-corrected chi connectivity index (χ0v) is 25.1. The van der Waals surface area contributed by atoms with Gasteiger partial charge in [-0.2, -0.15) is 0 Å². The second-order valence-electron chi connectivity index (χ2n) is 10.4. The number of carbonyl (C=O) groups excluding carboxylic acids is 1. The Morgan fingerprint density at radius 3 is 2.37 bits per heavy atom. The van der Waals surface area contributed by atoms with E-state index in [-0.39, 0.29) is 58.6 Å². The minimum atomic E-state index is -1.51. The van der Waals surface area contributed by atoms with Crippen molar-refractivity contribution in [2.75, 3.05) is 46.5 Å². The normalized spacial score (nSPS) is 33.2. The van der Waals surface area contributed by atoms with Crippen LogP contribution < -0.4 is 27.8 Å². The molecule has 1 saturated heterocycles. The van der Waals surface area contributed by atoms with Gasteiger partial charge in [-0.25, -0.2) is 0 Å². The van der Waals surface area contributed by atoms with Crippen LogP contribution >= 0.6 is 0 Å². The molecule has 256 valence electrons. The van der Waals surface area contributed by atoms with Gasteiger partial charge in [0.2, 0.25) is 5.91 Å². The lowest BCUT2D eigenvalue weighted by Crippen LogP contribution is -2.67. The van der Waals surface area contributed by atoms with Crippen LogP contribution in [0, 0.1) is 0 Å². The number of rotatable bonds is 18. The van der Waals surface area contributed by atoms with Crippen LogP contribution in [0.4, 0.5) is 0 Å². The second kappa shape index (κ2) is 21.6. The fraction of sp³-hybridized carbons (Fsp3) is 0.962. The van der Waals surface area contributed by atoms with Crippen molar-refractivity contribution >= 4 is 5.91 Å². The maximum Gasteiger partial charge on any atom is 0.249 e. The molecule has 1 saturated carbocycles. The monoisotopic (exact) mass is 629 g/mol. The highest BCUT2D eigenvalue weighted by Gasteiger charge is 2.49. The summed E-state index contributed by atoms with van der Waals surface area (Å²) in [5.41, 5.74) is 16.3. The minimum Gasteiger partial charge on any atom is -0.396 e. The van der Waals surface area contributed by atoms with Gasteiger partial charge in [-0.3, -0.25) is 4.79 Å². The lowest BCUT2D eigenvalue weighted by Gasteiger charge is -2.47. The van der Waals surface area contributed by atoms with E-state index in [4.69, 9.17) is 35.5 Å². The zero-order chi connectivity index (χ0) is 32.5. The van der Waals surface area contributed by atoms with E-state index < -0.39 is 79.4 Å². The highest BCUT2D eigenvalue weighted by molar-refractivity contribution is 5.80. The lowest BCUT2D eigenvalue weighted by atomic mass is 9.83. The summed E-state index contributed by atoms with van der Waals surface area (Å²) in [5, 5.41) is 76.6. The third-order valence-electron chi connectivity index (χ3n) is 7.19. The minimum absolute atomic E-state index is 0.00439. The number of aliphatic hydroxyl groups excluding tert-OH is 7. The van der Waals surface area contributed by atoms with Crippen LogP contribution in [0.3, 0.4) is 0 Å². The number of aliphatic hydroxyl groups is 7. The molecule has 17 heteroatoms. The van der Waals surface area contributed by atoms with Crippen LogP contribution in [-0.2, 0) is 23.7 Å². The second-order valence-corrected chi connectivity index (χ2v) is 10.4. The Hall–Kier alpha value is -1.13. The summed E-state index contributed by atoms with van der Waals surface area (Å²) < 4.78 is 23.3. The molecule has 8 unspecified atom stereocenters. The van der Waals surface area contributed by atoms with E-state index in [1.807, 2.05) is 0 Å². The molecule has 0 spiro atoms. The van der Waals surface area contributed by atoms with Gasteiger partial charge in [0.05, 0.1) is 25.4 Å². The van der Waals surface area contributed by atoms with Crippen LogP contribution in [0.5, 0.6) is 0 Å². The standard InChI is InChI=1S/C25H50N4O12.CH5N/c1-2-15(32)25(38-9-8-31)41-23-14(29-24(37)16(33)4-5-26)10-13(27)22(21(23)36)40-19-11-17(34)20(35)18(39-19)12-28-6-3-7-30;1-2/h13-23,25,28,30-36H,2-12,26-27H2,1H3,(H,29,37);2H2,1H3/t13?,14?,15?,16?,17?,18?,19-,20+,21?,22-,23+,25?;/m1./s1. The van der Waals surface area contributed by atoms with Crippen molar-refractivity contribution in [3.05, 3.63) is 0 Å². The van der Waals surface area contributed by atoms with E-state index in [0.29, 0.717) is 13.0 Å². The average molecular weight is 630 g/mol. The predicted octanol–water partition coefficient (Wildman–Crippen LogP) is -5.47. The van der Waals surface area contributed by atoms with Gasteiger partial charge in [0, 0.05) is 25.6 Å². The molecule has 43 heavy (non-hydrogen) atoms. The van der Waals surface area contributed by atoms with E-state index in [2.05, 4.69) is 16.4 Å². The first kappa shape index (κ1) is 39.9. The summed E-state index contributed by atoms with van der Waals surface area (Å²) in [7, 11) is 1.50. The number of nitrogens with two attached hydrogens (primary N) is 3. The van der Waals surface area contributed by atoms with Crippen LogP contribution in [0.15, 0.2) is 0 Å². The van der Waals surface area contributed by atoms with Crippen molar-refractivity contribution < 1.29 is 59.5 Å². The van der Waals surface area contributed by atoms with Crippen LogP contribution in [0.1, 0.15) is 39.0 Å². The van der Waals surface area contributed by atoms with Gasteiger partial charge < -0.3 is 82.5 Å². The number of amides is 1. The molecule has 1 heterocycles. The summed E-state index contributed by atoms with van der Waals surface area (Å²) in [6.07, 6.45) is -11.4. The fourth-order valence-electron chi connectivity index (χ4n) is 4.86. The first-order valence-corrected chi connectivity index (χ1v) is 14.8. The van der Waals surface area contributed by atoms with Crippen molar-refractivity contribution in [1.29, 1.82) is 0 Å². The molecule has 17 nitrogen and oxygen atoms in total. The molecule has 0 aromatic heterocycles. The van der Waals surface area contributed by atoms with Crippen molar-refractivity contribution in [3.8, 4) is 0 Å². The Kier molecular flexibility index (Phi) is 20.0. The smallest absolute Gasteiger partial charge is 0.249 e. The van der Waals surface area contributed by atoms with E-state index in [0.717, 1.165) is 0 Å². The molecule has 1 aliphatic carbocycles. The lowest BCUT2D eigenvalue weighted by molar-refractivity contribution is -0.296. The van der Waals surface area contributed by atoms with Gasteiger partial charge in [0.1, 0.15) is 42.7 Å². The molecule has 0 aromatic carbocycles. The number of hydrogen-bond donors (Lipinski definition) is 12. The molecule has 0 aromatic rings. The molecule has 2 fully saturated rings. The van der Waals surface area contributed by atoms with E-state index in [9.17, 15) is 35.4 Å². The van der Waals surface area contributed by atoms with Crippen LogP contribution in [0.25, 0.3) is 0 Å². The first-order chi connectivity index (χ1) is 20.6. The largest absolute Gasteiger partial charge is 0.396 e. The van der Waals surface area contributed by atoms with Gasteiger partial charge in [0.25, 0.3) is 0 Å². The number of carbonyl (C=O) groups is 1. The highest BCUT2D eigenvalue weighted by atomic mass is 16.7. The van der Waals surface area contributed by atoms with E-state index in [1.165, 1.54) is 7.05 Å². The van der Waals surface area contributed by atoms with Crippen LogP contribution in [0.2, 0.25) is 0 Å². The van der Waals surface area contributed by atoms with Crippen molar-refractivity contribution in [3.63, 3.8) is 0 Å². The Labute approximate surface area is 252 Å². The van der Waals surface area contributed by atoms with Gasteiger partial charge in [-0.05, 0) is 45.8 Å². The SMILES string of the molecule is CCC(O)C(OCCO)O[C@H]1C(NC(=O)C(O)CCN)CC(N)[C@@H](O[C@@H]2CC(O)[C@H](O)C(CNCCCO)O2)C1O.CN. The number of nitrogens with one attached hydrogen (secondary N) is 2. The van der Waals surface area contributed by atoms with Gasteiger partial charge >= 0.3 is 0 Å². The van der Waals surface area contributed by atoms with Gasteiger partial charge in [-0.15, -0.1) is 0 Å². The van der Waals surface area contributed by atoms with Crippen molar-refractivity contribution in [2.45, 2.75) is 113 Å². The fourth-order valence-corrected chi connectivity index (χ4v) is 4.86. The maximum absolute atomic E-state index is 12.6. The van der Waals surface area contributed by atoms with Crippen molar-refractivity contribution in [1.82, 2.24) is 10.6 Å². The quantitative estimate of drug-likeness (QED) is 0.0497. The maximum atomic E-state index is 12.6. The molecule has 1 aliphatic heterocycles. The summed E-state index contributed by atoms with van der Waals surface area (Å²) in [5.74, 6) is -0.749. The van der Waals surface area contributed by atoms with E-state index >= 15 is 0 Å². The molecule has 0 radical (unpaired) electrons. The third-order valence-corrected chi connectivity index (χ3v) is 7.19. The molecular weight excluding hydrogens is 574 g/mol. The Morgan fingerprint density at radius 1 is 1.07 bits per heavy atom. The molecule has 2 rings (SSSR count). The average Bonchev–Trinajstić information content (AvgIpc) is 2.99. The highest BCUT2D eigenvalue weighted by Crippen LogP contribution is 2.30. The van der Waals surface area contributed by atoms with Gasteiger partial charge in [0.15, 0.2) is 12.6 Å². The predicted molar refractivity (Wildman–Crippen MR) is 153 cm³/mol. The third kappa shape index (κ3) is 12.6. The topological polar surface area (TPSA) is 298 Å². The number of ether oxygens (including phenoxy) is 4. The molecule has 1 amide bonds. The molecule has 15 N–H and O–H groups in total. The summed E-state index contributed by atoms with van der Waals surface area (Å²) >= 11 is 0. The molecule has 0 bridgehead atoms. The van der Waals surface area contributed by atoms with Gasteiger partial charge in [-0.1, -0.05) is 6.92 Å². The first-order valence-electron chi connectivity index (χ1n) is 14.8. The summed E-state index contributed by atoms with van der Waals surface area (Å²) in [6.45, 7) is 1.85. The number of hydrogen-bond acceptors (Lipinski definition) is 16. The Bertz CT molecular complexity index is 747. The Balaban J connectivity index is 0.00000452. The summed E-state index contributed by atoms with van der Waals surface area (Å²) in [6, 6.07) is -1.81. The molecule has 12 atom stereocenters. The van der Waals surface area contributed by atoms with Crippen molar-refractivity contribution in [2.24, 2.45) is 17.2 Å². The molecule has 2 aliphatic rings.